The van der Waals surface area contributed by atoms with Gasteiger partial charge in [-0.2, -0.15) is 0 Å². The number of rotatable bonds is 1. The van der Waals surface area contributed by atoms with Crippen LogP contribution in [0.5, 0.6) is 0 Å². The number of oxime groups is 1. The van der Waals surface area contributed by atoms with Crippen LogP contribution in [-0.4, -0.2) is 29.3 Å². The van der Waals surface area contributed by atoms with Gasteiger partial charge in [-0.25, -0.2) is 0 Å². The standard InChI is InChI=1S/C13H16ClN3O/c14-11-6-8-17(9-7-11)13-15-12(18-16-13)10-4-2-1-3-5-10/h1-5,11-12H,6-9H2,(H,15,16). The molecule has 0 aliphatic carbocycles. The van der Waals surface area contributed by atoms with Crippen LogP contribution < -0.4 is 5.32 Å². The van der Waals surface area contributed by atoms with Crippen LogP contribution in [-0.2, 0) is 4.84 Å². The van der Waals surface area contributed by atoms with E-state index in [1.165, 1.54) is 0 Å². The minimum Gasteiger partial charge on any atom is -0.362 e. The fourth-order valence-corrected chi connectivity index (χ4v) is 2.45. The van der Waals surface area contributed by atoms with Gasteiger partial charge in [0.15, 0.2) is 0 Å². The number of hydrogen-bond acceptors (Lipinski definition) is 4. The van der Waals surface area contributed by atoms with Crippen LogP contribution in [0.4, 0.5) is 0 Å². The lowest BCUT2D eigenvalue weighted by molar-refractivity contribution is 0.0729. The number of alkyl halides is 1. The van der Waals surface area contributed by atoms with Crippen molar-refractivity contribution in [3.8, 4) is 0 Å². The molecule has 0 spiro atoms. The molecule has 2 aliphatic rings. The zero-order valence-corrected chi connectivity index (χ0v) is 10.8. The van der Waals surface area contributed by atoms with Gasteiger partial charge in [-0.3, -0.25) is 0 Å². The Labute approximate surface area is 112 Å². The molecule has 1 atom stereocenters. The lowest BCUT2D eigenvalue weighted by atomic mass is 10.1. The summed E-state index contributed by atoms with van der Waals surface area (Å²) in [6, 6.07) is 10.0. The summed E-state index contributed by atoms with van der Waals surface area (Å²) < 4.78 is 0. The maximum atomic E-state index is 6.09. The number of hydrogen-bond donors (Lipinski definition) is 1. The molecule has 2 aliphatic heterocycles. The van der Waals surface area contributed by atoms with E-state index in [-0.39, 0.29) is 6.23 Å². The van der Waals surface area contributed by atoms with Crippen LogP contribution >= 0.6 is 11.6 Å². The third-order valence-electron chi connectivity index (χ3n) is 3.33. The highest BCUT2D eigenvalue weighted by Gasteiger charge is 2.27. The van der Waals surface area contributed by atoms with Gasteiger partial charge in [0.05, 0.1) is 0 Å². The van der Waals surface area contributed by atoms with Crippen molar-refractivity contribution in [2.75, 3.05) is 13.1 Å². The number of guanidine groups is 1. The van der Waals surface area contributed by atoms with Gasteiger partial charge in [0, 0.05) is 24.0 Å². The summed E-state index contributed by atoms with van der Waals surface area (Å²) in [5.41, 5.74) is 1.09. The first kappa shape index (κ1) is 11.7. The molecule has 2 heterocycles. The highest BCUT2D eigenvalue weighted by Crippen LogP contribution is 2.22. The van der Waals surface area contributed by atoms with Gasteiger partial charge in [0.2, 0.25) is 12.2 Å². The third kappa shape index (κ3) is 2.38. The summed E-state index contributed by atoms with van der Waals surface area (Å²) in [6.45, 7) is 1.87. The Morgan fingerprint density at radius 2 is 1.94 bits per heavy atom. The van der Waals surface area contributed by atoms with Gasteiger partial charge in [-0.15, -0.1) is 11.6 Å². The Kier molecular flexibility index (Phi) is 3.28. The van der Waals surface area contributed by atoms with Gasteiger partial charge >= 0.3 is 0 Å². The molecule has 96 valence electrons. The Morgan fingerprint density at radius 3 is 2.67 bits per heavy atom. The molecule has 1 fully saturated rings. The lowest BCUT2D eigenvalue weighted by Gasteiger charge is -2.30. The van der Waals surface area contributed by atoms with Crippen molar-refractivity contribution in [2.24, 2.45) is 5.16 Å². The van der Waals surface area contributed by atoms with E-state index in [1.54, 1.807) is 0 Å². The smallest absolute Gasteiger partial charge is 0.239 e. The summed E-state index contributed by atoms with van der Waals surface area (Å²) in [4.78, 5) is 7.63. The minimum absolute atomic E-state index is 0.171. The first-order valence-corrected chi connectivity index (χ1v) is 6.71. The number of halogens is 1. The van der Waals surface area contributed by atoms with Crippen LogP contribution in [0.1, 0.15) is 24.6 Å². The third-order valence-corrected chi connectivity index (χ3v) is 3.77. The second-order valence-electron chi connectivity index (χ2n) is 4.62. The molecule has 1 saturated heterocycles. The molecule has 1 unspecified atom stereocenters. The highest BCUT2D eigenvalue weighted by molar-refractivity contribution is 6.20. The minimum atomic E-state index is -0.171. The summed E-state index contributed by atoms with van der Waals surface area (Å²) >= 11 is 6.09. The van der Waals surface area contributed by atoms with Crippen molar-refractivity contribution in [3.63, 3.8) is 0 Å². The van der Waals surface area contributed by atoms with Gasteiger partial charge in [-0.05, 0) is 18.0 Å². The Morgan fingerprint density at radius 1 is 1.22 bits per heavy atom. The van der Waals surface area contributed by atoms with E-state index >= 15 is 0 Å². The van der Waals surface area contributed by atoms with E-state index in [0.717, 1.165) is 37.5 Å². The normalized spacial score (nSPS) is 24.4. The quantitative estimate of drug-likeness (QED) is 0.792. The molecule has 0 radical (unpaired) electrons. The summed E-state index contributed by atoms with van der Waals surface area (Å²) in [6.07, 6.45) is 1.83. The summed E-state index contributed by atoms with van der Waals surface area (Å²) in [5, 5.41) is 7.73. The van der Waals surface area contributed by atoms with Gasteiger partial charge in [-0.1, -0.05) is 30.3 Å². The van der Waals surface area contributed by atoms with Crippen LogP contribution in [0.25, 0.3) is 0 Å². The molecule has 3 rings (SSSR count). The van der Waals surface area contributed by atoms with Crippen molar-refractivity contribution < 1.29 is 4.84 Å². The van der Waals surface area contributed by atoms with Gasteiger partial charge in [0.25, 0.3) is 0 Å². The van der Waals surface area contributed by atoms with Crippen molar-refractivity contribution in [3.05, 3.63) is 35.9 Å². The van der Waals surface area contributed by atoms with E-state index in [9.17, 15) is 0 Å². The van der Waals surface area contributed by atoms with Crippen molar-refractivity contribution in [2.45, 2.75) is 24.4 Å². The zero-order chi connectivity index (χ0) is 12.4. The average Bonchev–Trinajstić information content (AvgIpc) is 2.90. The van der Waals surface area contributed by atoms with Crippen LogP contribution in [0.2, 0.25) is 0 Å². The zero-order valence-electron chi connectivity index (χ0n) is 10.1. The number of nitrogens with zero attached hydrogens (tertiary/aromatic N) is 2. The molecule has 18 heavy (non-hydrogen) atoms. The predicted octanol–water partition coefficient (Wildman–Crippen LogP) is 2.28. The number of piperidine rings is 1. The Hall–Kier alpha value is -1.42. The molecule has 0 bridgehead atoms. The fourth-order valence-electron chi connectivity index (χ4n) is 2.25. The molecule has 4 nitrogen and oxygen atoms in total. The second-order valence-corrected chi connectivity index (χ2v) is 5.23. The van der Waals surface area contributed by atoms with Gasteiger partial charge < -0.3 is 15.1 Å². The SMILES string of the molecule is ClC1CCN(C2=NOC(c3ccccc3)N2)CC1. The molecule has 0 aromatic heterocycles. The van der Waals surface area contributed by atoms with Crippen LogP contribution in [0, 0.1) is 0 Å². The summed E-state index contributed by atoms with van der Waals surface area (Å²) in [7, 11) is 0. The summed E-state index contributed by atoms with van der Waals surface area (Å²) in [5.74, 6) is 0.826. The largest absolute Gasteiger partial charge is 0.362 e. The molecule has 1 N–H and O–H groups in total. The van der Waals surface area contributed by atoms with E-state index in [1.807, 2.05) is 30.3 Å². The second kappa shape index (κ2) is 5.06. The fraction of sp³-hybridized carbons (Fsp3) is 0.462. The lowest BCUT2D eigenvalue weighted by Crippen LogP contribution is -2.44. The molecule has 0 saturated carbocycles. The number of nitrogens with one attached hydrogen (secondary N) is 1. The average molecular weight is 266 g/mol. The molecule has 1 aromatic carbocycles. The van der Waals surface area contributed by atoms with E-state index < -0.39 is 0 Å². The van der Waals surface area contributed by atoms with Crippen molar-refractivity contribution >= 4 is 17.6 Å². The van der Waals surface area contributed by atoms with Crippen LogP contribution in [0.3, 0.4) is 0 Å². The molecule has 1 aromatic rings. The Bertz CT molecular complexity index is 429. The van der Waals surface area contributed by atoms with E-state index in [0.29, 0.717) is 5.38 Å². The molecular weight excluding hydrogens is 250 g/mol. The number of likely N-dealkylation sites (tertiary alicyclic amines) is 1. The van der Waals surface area contributed by atoms with Crippen LogP contribution in [0.15, 0.2) is 35.5 Å². The molecule has 0 amide bonds. The Balaban J connectivity index is 1.61. The van der Waals surface area contributed by atoms with Crippen molar-refractivity contribution in [1.82, 2.24) is 10.2 Å². The van der Waals surface area contributed by atoms with Crippen molar-refractivity contribution in [1.29, 1.82) is 0 Å². The molecular formula is C13H16ClN3O. The molecule has 5 heteroatoms. The predicted molar refractivity (Wildman–Crippen MR) is 71.3 cm³/mol. The number of benzene rings is 1. The van der Waals surface area contributed by atoms with E-state index in [2.05, 4.69) is 15.4 Å². The van der Waals surface area contributed by atoms with Gasteiger partial charge in [0.1, 0.15) is 0 Å². The first-order valence-electron chi connectivity index (χ1n) is 6.27. The van der Waals surface area contributed by atoms with E-state index in [4.69, 9.17) is 16.4 Å². The maximum Gasteiger partial charge on any atom is 0.239 e. The highest BCUT2D eigenvalue weighted by atomic mass is 35.5. The maximum absolute atomic E-state index is 6.09. The monoisotopic (exact) mass is 265 g/mol. The first-order chi connectivity index (χ1) is 8.83. The topological polar surface area (TPSA) is 36.9 Å².